The maximum atomic E-state index is 4.90. The van der Waals surface area contributed by atoms with E-state index in [0.29, 0.717) is 0 Å². The highest BCUT2D eigenvalue weighted by atomic mass is 32.1. The predicted molar refractivity (Wildman–Crippen MR) is 184 cm³/mol. The quantitative estimate of drug-likeness (QED) is 0.211. The third-order valence-corrected chi connectivity index (χ3v) is 9.61. The normalized spacial score (nSPS) is 11.7. The molecular formula is C39H25N3S. The van der Waals surface area contributed by atoms with Crippen LogP contribution in [-0.2, 0) is 0 Å². The van der Waals surface area contributed by atoms with E-state index in [-0.39, 0.29) is 0 Å². The van der Waals surface area contributed by atoms with Crippen molar-refractivity contribution < 1.29 is 0 Å². The summed E-state index contributed by atoms with van der Waals surface area (Å²) < 4.78 is 4.96. The van der Waals surface area contributed by atoms with Gasteiger partial charge >= 0.3 is 0 Å². The van der Waals surface area contributed by atoms with Crippen LogP contribution in [0.3, 0.4) is 0 Å². The lowest BCUT2D eigenvalue weighted by Gasteiger charge is -2.26. The predicted octanol–water partition coefficient (Wildman–Crippen LogP) is 11.2. The second-order valence-electron chi connectivity index (χ2n) is 10.9. The maximum absolute atomic E-state index is 4.90. The Kier molecular flexibility index (Phi) is 5.37. The zero-order valence-electron chi connectivity index (χ0n) is 23.2. The second-order valence-corrected chi connectivity index (χ2v) is 11.9. The first-order valence-electron chi connectivity index (χ1n) is 14.5. The molecule has 0 atom stereocenters. The summed E-state index contributed by atoms with van der Waals surface area (Å²) in [5.41, 5.74) is 7.81. The average molecular weight is 568 g/mol. The van der Waals surface area contributed by atoms with E-state index in [2.05, 4.69) is 149 Å². The van der Waals surface area contributed by atoms with Gasteiger partial charge in [0.15, 0.2) is 0 Å². The number of hydrogen-bond donors (Lipinski definition) is 0. The molecule has 0 saturated carbocycles. The van der Waals surface area contributed by atoms with Gasteiger partial charge in [0.1, 0.15) is 0 Å². The number of benzene rings is 6. The molecule has 0 aliphatic carbocycles. The number of rotatable bonds is 4. The highest BCUT2D eigenvalue weighted by molar-refractivity contribution is 7.26. The van der Waals surface area contributed by atoms with Crippen molar-refractivity contribution in [2.75, 3.05) is 4.90 Å². The highest BCUT2D eigenvalue weighted by Crippen LogP contribution is 2.43. The van der Waals surface area contributed by atoms with Crippen LogP contribution < -0.4 is 4.90 Å². The van der Waals surface area contributed by atoms with Crippen molar-refractivity contribution in [2.24, 2.45) is 0 Å². The first-order chi connectivity index (χ1) is 21.3. The van der Waals surface area contributed by atoms with Gasteiger partial charge in [-0.25, -0.2) is 0 Å². The summed E-state index contributed by atoms with van der Waals surface area (Å²) in [5.74, 6) is 0. The summed E-state index contributed by atoms with van der Waals surface area (Å²) in [7, 11) is 0. The highest BCUT2D eigenvalue weighted by Gasteiger charge is 2.19. The Hall–Kier alpha value is -5.45. The Labute approximate surface area is 252 Å². The van der Waals surface area contributed by atoms with Crippen LogP contribution in [-0.4, -0.2) is 9.55 Å². The molecule has 0 amide bonds. The summed E-state index contributed by atoms with van der Waals surface area (Å²) in [6.07, 6.45) is 1.91. The smallest absolute Gasteiger partial charge is 0.0977 e. The fourth-order valence-corrected chi connectivity index (χ4v) is 7.71. The van der Waals surface area contributed by atoms with Gasteiger partial charge in [-0.15, -0.1) is 11.3 Å². The number of para-hydroxylation sites is 1. The summed E-state index contributed by atoms with van der Waals surface area (Å²) in [5, 5.41) is 6.29. The van der Waals surface area contributed by atoms with E-state index in [1.54, 1.807) is 0 Å². The summed E-state index contributed by atoms with van der Waals surface area (Å²) in [4.78, 5) is 7.23. The van der Waals surface area contributed by atoms with E-state index in [1.807, 2.05) is 23.6 Å². The lowest BCUT2D eigenvalue weighted by Crippen LogP contribution is -2.10. The van der Waals surface area contributed by atoms with Crippen molar-refractivity contribution in [1.82, 2.24) is 9.55 Å². The van der Waals surface area contributed by atoms with Gasteiger partial charge in [0.05, 0.1) is 16.6 Å². The molecule has 43 heavy (non-hydrogen) atoms. The van der Waals surface area contributed by atoms with Crippen molar-refractivity contribution in [1.29, 1.82) is 0 Å². The van der Waals surface area contributed by atoms with Gasteiger partial charge in [-0.2, -0.15) is 0 Å². The molecular weight excluding hydrogens is 543 g/mol. The van der Waals surface area contributed by atoms with Gasteiger partial charge in [-0.3, -0.25) is 4.98 Å². The van der Waals surface area contributed by atoms with Crippen LogP contribution in [0, 0.1) is 0 Å². The van der Waals surface area contributed by atoms with Crippen LogP contribution in [0.4, 0.5) is 17.1 Å². The van der Waals surface area contributed by atoms with E-state index in [9.17, 15) is 0 Å². The van der Waals surface area contributed by atoms with Crippen LogP contribution in [0.5, 0.6) is 0 Å². The molecule has 0 aliphatic heterocycles. The molecule has 0 bridgehead atoms. The zero-order valence-corrected chi connectivity index (χ0v) is 24.0. The van der Waals surface area contributed by atoms with E-state index in [1.165, 1.54) is 41.8 Å². The Morgan fingerprint density at radius 1 is 0.535 bits per heavy atom. The number of nitrogens with zero attached hydrogens (tertiary/aromatic N) is 3. The topological polar surface area (TPSA) is 21.1 Å². The SMILES string of the molecule is c1ccc(N(c2ccc(-n3c4cccnc4c4c5sc6ccccc6c5ccc43)cc2)c2ccc3ccccc3c2)cc1. The van der Waals surface area contributed by atoms with Gasteiger partial charge in [0, 0.05) is 54.5 Å². The molecule has 9 rings (SSSR count). The third-order valence-electron chi connectivity index (χ3n) is 8.40. The van der Waals surface area contributed by atoms with Gasteiger partial charge < -0.3 is 9.47 Å². The Bertz CT molecular complexity index is 2450. The molecule has 0 unspecified atom stereocenters. The van der Waals surface area contributed by atoms with E-state index >= 15 is 0 Å². The molecule has 0 aliphatic rings. The average Bonchev–Trinajstić information content (AvgIpc) is 3.62. The molecule has 9 aromatic rings. The molecule has 0 spiro atoms. The Balaban J connectivity index is 1.23. The Morgan fingerprint density at radius 2 is 1.28 bits per heavy atom. The molecule has 0 radical (unpaired) electrons. The number of hydrogen-bond acceptors (Lipinski definition) is 3. The van der Waals surface area contributed by atoms with Gasteiger partial charge in [-0.1, -0.05) is 72.8 Å². The molecule has 0 fully saturated rings. The molecule has 0 saturated heterocycles. The van der Waals surface area contributed by atoms with Gasteiger partial charge in [-0.05, 0) is 83.6 Å². The summed E-state index contributed by atoms with van der Waals surface area (Å²) >= 11 is 1.86. The monoisotopic (exact) mass is 567 g/mol. The molecule has 3 nitrogen and oxygen atoms in total. The molecule has 0 N–H and O–H groups in total. The minimum absolute atomic E-state index is 1.04. The van der Waals surface area contributed by atoms with Crippen molar-refractivity contribution in [2.45, 2.75) is 0 Å². The van der Waals surface area contributed by atoms with E-state index < -0.39 is 0 Å². The van der Waals surface area contributed by atoms with Crippen molar-refractivity contribution in [3.8, 4) is 5.69 Å². The number of anilines is 3. The first-order valence-corrected chi connectivity index (χ1v) is 15.3. The zero-order chi connectivity index (χ0) is 28.3. The van der Waals surface area contributed by atoms with Crippen molar-refractivity contribution >= 4 is 81.3 Å². The molecule has 3 aromatic heterocycles. The molecule has 3 heterocycles. The summed E-state index contributed by atoms with van der Waals surface area (Å²) in [6.45, 7) is 0. The molecule has 4 heteroatoms. The number of aromatic nitrogens is 2. The number of thiophene rings is 1. The van der Waals surface area contributed by atoms with Crippen LogP contribution in [0.2, 0.25) is 0 Å². The van der Waals surface area contributed by atoms with E-state index in [4.69, 9.17) is 4.98 Å². The Morgan fingerprint density at radius 3 is 2.16 bits per heavy atom. The lowest BCUT2D eigenvalue weighted by molar-refractivity contribution is 1.17. The van der Waals surface area contributed by atoms with Crippen molar-refractivity contribution in [3.63, 3.8) is 0 Å². The van der Waals surface area contributed by atoms with Crippen LogP contribution in [0.1, 0.15) is 0 Å². The standard InChI is InChI=1S/C39H25N3S/c1-2-11-28(12-3-1)41(31-17-16-26-9-4-5-10-27(26)25-31)29-18-20-30(21-19-29)42-34-23-22-33-32-13-6-7-15-36(32)43-39(33)37(34)38-35(42)14-8-24-40-38/h1-25H. The third kappa shape index (κ3) is 3.77. The minimum Gasteiger partial charge on any atom is -0.310 e. The van der Waals surface area contributed by atoms with Crippen LogP contribution in [0.25, 0.3) is 58.6 Å². The second kappa shape index (κ2) is 9.55. The van der Waals surface area contributed by atoms with Crippen LogP contribution >= 0.6 is 11.3 Å². The van der Waals surface area contributed by atoms with Crippen LogP contribution in [0.15, 0.2) is 152 Å². The lowest BCUT2D eigenvalue weighted by atomic mass is 10.1. The first kappa shape index (κ1) is 24.2. The number of fused-ring (bicyclic) bond motifs is 8. The fourth-order valence-electron chi connectivity index (χ4n) is 6.46. The summed E-state index contributed by atoms with van der Waals surface area (Å²) in [6, 6.07) is 52.1. The molecule has 6 aromatic carbocycles. The van der Waals surface area contributed by atoms with Gasteiger partial charge in [0.2, 0.25) is 0 Å². The number of pyridine rings is 1. The van der Waals surface area contributed by atoms with Crippen molar-refractivity contribution in [3.05, 3.63) is 152 Å². The van der Waals surface area contributed by atoms with E-state index in [0.717, 1.165) is 33.8 Å². The minimum atomic E-state index is 1.04. The fraction of sp³-hybridized carbons (Fsp3) is 0. The maximum Gasteiger partial charge on any atom is 0.0977 e. The molecule has 202 valence electrons. The largest absolute Gasteiger partial charge is 0.310 e. The van der Waals surface area contributed by atoms with Gasteiger partial charge in [0.25, 0.3) is 0 Å².